The van der Waals surface area contributed by atoms with E-state index in [9.17, 15) is 0 Å². The van der Waals surface area contributed by atoms with Gasteiger partial charge >= 0.3 is 0 Å². The van der Waals surface area contributed by atoms with E-state index in [4.69, 9.17) is 11.1 Å². The molecule has 96 valence electrons. The fourth-order valence-corrected chi connectivity index (χ4v) is 1.86. The van der Waals surface area contributed by atoms with E-state index in [2.05, 4.69) is 5.32 Å². The molecular weight excluding hydrogens is 234 g/mol. The van der Waals surface area contributed by atoms with Crippen molar-refractivity contribution in [1.82, 2.24) is 5.32 Å². The van der Waals surface area contributed by atoms with Crippen LogP contribution in [-0.4, -0.2) is 12.8 Å². The van der Waals surface area contributed by atoms with E-state index in [0.29, 0.717) is 11.4 Å². The van der Waals surface area contributed by atoms with Gasteiger partial charge in [0, 0.05) is 18.3 Å². The van der Waals surface area contributed by atoms with Gasteiger partial charge in [-0.25, -0.2) is 0 Å². The van der Waals surface area contributed by atoms with Gasteiger partial charge in [-0.05, 0) is 35.5 Å². The topological polar surface area (TPSA) is 61.9 Å². The lowest BCUT2D eigenvalue weighted by Gasteiger charge is -2.08. The van der Waals surface area contributed by atoms with Gasteiger partial charge in [-0.2, -0.15) is 0 Å². The minimum Gasteiger partial charge on any atom is -0.398 e. The minimum atomic E-state index is 0.393. The van der Waals surface area contributed by atoms with Crippen molar-refractivity contribution in [3.05, 3.63) is 66.4 Å². The maximum atomic E-state index is 8.03. The second-order valence-electron chi connectivity index (χ2n) is 4.20. The van der Waals surface area contributed by atoms with Crippen LogP contribution >= 0.6 is 0 Å². The zero-order valence-electron chi connectivity index (χ0n) is 10.9. The molecule has 0 bridgehead atoms. The summed E-state index contributed by atoms with van der Waals surface area (Å²) in [5, 5.41) is 10.9. The number of nitrogen functional groups attached to an aromatic ring is 1. The zero-order chi connectivity index (χ0) is 13.7. The molecule has 0 aliphatic rings. The van der Waals surface area contributed by atoms with Crippen LogP contribution in [0.4, 0.5) is 5.69 Å². The third-order valence-corrected chi connectivity index (χ3v) is 2.87. The second-order valence-corrected chi connectivity index (χ2v) is 4.20. The van der Waals surface area contributed by atoms with Crippen LogP contribution in [-0.2, 0) is 0 Å². The Labute approximate surface area is 113 Å². The molecule has 0 fully saturated rings. The van der Waals surface area contributed by atoms with E-state index in [1.54, 1.807) is 19.3 Å². The number of anilines is 1. The van der Waals surface area contributed by atoms with Gasteiger partial charge in [0.25, 0.3) is 0 Å². The van der Waals surface area contributed by atoms with Gasteiger partial charge in [-0.1, -0.05) is 36.4 Å². The number of benzene rings is 2. The van der Waals surface area contributed by atoms with Crippen molar-refractivity contribution in [2.24, 2.45) is 0 Å². The molecule has 0 saturated carbocycles. The highest BCUT2D eigenvalue weighted by Gasteiger charge is 2.06. The van der Waals surface area contributed by atoms with E-state index in [-0.39, 0.29) is 0 Å². The van der Waals surface area contributed by atoms with Gasteiger partial charge in [0.05, 0.1) is 5.71 Å². The fourth-order valence-electron chi connectivity index (χ4n) is 1.86. The van der Waals surface area contributed by atoms with Crippen LogP contribution in [0.15, 0.2) is 60.8 Å². The molecular formula is C16H17N3. The molecule has 2 aromatic carbocycles. The summed E-state index contributed by atoms with van der Waals surface area (Å²) in [6.45, 7) is 0. The van der Waals surface area contributed by atoms with Crippen molar-refractivity contribution < 1.29 is 0 Å². The number of hydrogen-bond donors (Lipinski definition) is 3. The van der Waals surface area contributed by atoms with Crippen LogP contribution in [0.5, 0.6) is 0 Å². The molecule has 19 heavy (non-hydrogen) atoms. The number of allylic oxidation sites excluding steroid dienone is 1. The molecule has 0 aliphatic heterocycles. The number of nitrogens with one attached hydrogen (secondary N) is 2. The zero-order valence-corrected chi connectivity index (χ0v) is 10.9. The first-order chi connectivity index (χ1) is 9.22. The van der Waals surface area contributed by atoms with Crippen LogP contribution in [0.1, 0.15) is 5.56 Å². The average Bonchev–Trinajstić information content (AvgIpc) is 2.46. The quantitative estimate of drug-likeness (QED) is 0.577. The smallest absolute Gasteiger partial charge is 0.0647 e. The van der Waals surface area contributed by atoms with Crippen LogP contribution in [0.25, 0.3) is 11.1 Å². The Morgan fingerprint density at radius 1 is 1.11 bits per heavy atom. The van der Waals surface area contributed by atoms with E-state index in [1.165, 1.54) is 0 Å². The van der Waals surface area contributed by atoms with Crippen LogP contribution in [0.2, 0.25) is 0 Å². The van der Waals surface area contributed by atoms with Crippen molar-refractivity contribution in [2.45, 2.75) is 0 Å². The lowest BCUT2D eigenvalue weighted by Crippen LogP contribution is -2.03. The predicted molar refractivity (Wildman–Crippen MR) is 81.3 cm³/mol. The Hall–Kier alpha value is -2.55. The average molecular weight is 251 g/mol. The van der Waals surface area contributed by atoms with Gasteiger partial charge < -0.3 is 16.5 Å². The first-order valence-corrected chi connectivity index (χ1v) is 6.10. The summed E-state index contributed by atoms with van der Waals surface area (Å²) in [6, 6.07) is 15.8. The summed E-state index contributed by atoms with van der Waals surface area (Å²) < 4.78 is 0. The minimum absolute atomic E-state index is 0.393. The molecule has 3 nitrogen and oxygen atoms in total. The molecule has 0 saturated heterocycles. The first-order valence-electron chi connectivity index (χ1n) is 6.10. The summed E-state index contributed by atoms with van der Waals surface area (Å²) in [6.07, 6.45) is 3.41. The van der Waals surface area contributed by atoms with Gasteiger partial charge in [0.15, 0.2) is 0 Å². The van der Waals surface area contributed by atoms with Gasteiger partial charge in [-0.3, -0.25) is 0 Å². The Kier molecular flexibility index (Phi) is 3.98. The summed E-state index contributed by atoms with van der Waals surface area (Å²) in [5.74, 6) is 0. The van der Waals surface area contributed by atoms with Crippen molar-refractivity contribution in [1.29, 1.82) is 5.41 Å². The number of rotatable bonds is 4. The molecule has 3 heteroatoms. The van der Waals surface area contributed by atoms with Gasteiger partial charge in [0.1, 0.15) is 0 Å². The van der Waals surface area contributed by atoms with Crippen LogP contribution in [0, 0.1) is 5.41 Å². The van der Waals surface area contributed by atoms with Crippen molar-refractivity contribution >= 4 is 11.4 Å². The molecule has 0 aliphatic carbocycles. The molecule has 0 radical (unpaired) electrons. The molecule has 0 aromatic heterocycles. The molecule has 0 atom stereocenters. The third-order valence-electron chi connectivity index (χ3n) is 2.87. The molecule has 2 aromatic rings. The Bertz CT molecular complexity index is 601. The number of hydrogen-bond acceptors (Lipinski definition) is 3. The normalized spacial score (nSPS) is 10.6. The lowest BCUT2D eigenvalue weighted by atomic mass is 9.99. The summed E-state index contributed by atoms with van der Waals surface area (Å²) in [4.78, 5) is 0. The highest BCUT2D eigenvalue weighted by molar-refractivity contribution is 6.10. The van der Waals surface area contributed by atoms with Gasteiger partial charge in [0.2, 0.25) is 0 Å². The lowest BCUT2D eigenvalue weighted by molar-refractivity contribution is 1.10. The van der Waals surface area contributed by atoms with Crippen LogP contribution < -0.4 is 11.1 Å². The summed E-state index contributed by atoms with van der Waals surface area (Å²) >= 11 is 0. The Balaban J connectivity index is 2.40. The number of nitrogens with two attached hydrogens (primary N) is 1. The maximum Gasteiger partial charge on any atom is 0.0647 e. The SMILES string of the molecule is CN/C=C\C(=N)c1cc(-c2ccccc2)ccc1N. The van der Waals surface area contributed by atoms with Crippen LogP contribution in [0.3, 0.4) is 0 Å². The van der Waals surface area contributed by atoms with Crippen molar-refractivity contribution in [3.63, 3.8) is 0 Å². The van der Waals surface area contributed by atoms with E-state index in [1.807, 2.05) is 48.5 Å². The maximum absolute atomic E-state index is 8.03. The summed E-state index contributed by atoms with van der Waals surface area (Å²) in [7, 11) is 1.80. The largest absolute Gasteiger partial charge is 0.398 e. The Morgan fingerprint density at radius 3 is 2.53 bits per heavy atom. The molecule has 0 amide bonds. The van der Waals surface area contributed by atoms with E-state index >= 15 is 0 Å². The molecule has 0 spiro atoms. The van der Waals surface area contributed by atoms with E-state index in [0.717, 1.165) is 16.7 Å². The third kappa shape index (κ3) is 3.01. The molecule has 2 rings (SSSR count). The second kappa shape index (κ2) is 5.87. The Morgan fingerprint density at radius 2 is 1.84 bits per heavy atom. The highest BCUT2D eigenvalue weighted by atomic mass is 14.8. The van der Waals surface area contributed by atoms with Crippen molar-refractivity contribution in [2.75, 3.05) is 12.8 Å². The molecule has 0 heterocycles. The first kappa shape index (κ1) is 12.9. The van der Waals surface area contributed by atoms with E-state index < -0.39 is 0 Å². The monoisotopic (exact) mass is 251 g/mol. The fraction of sp³-hybridized carbons (Fsp3) is 0.0625. The standard InChI is InChI=1S/C16H17N3/c1-19-10-9-16(18)14-11-13(7-8-15(14)17)12-5-3-2-4-6-12/h2-11,18-19H,17H2,1H3/b10-9-,18-16?. The predicted octanol–water partition coefficient (Wildman–Crippen LogP) is 3.04. The van der Waals surface area contributed by atoms with Gasteiger partial charge in [-0.15, -0.1) is 0 Å². The highest BCUT2D eigenvalue weighted by Crippen LogP contribution is 2.24. The molecule has 4 N–H and O–H groups in total. The summed E-state index contributed by atoms with van der Waals surface area (Å²) in [5.41, 5.74) is 9.88. The van der Waals surface area contributed by atoms with Crippen molar-refractivity contribution in [3.8, 4) is 11.1 Å². The molecule has 0 unspecified atom stereocenters.